The van der Waals surface area contributed by atoms with Crippen LogP contribution in [0.5, 0.6) is 0 Å². The number of hydrogen-bond acceptors (Lipinski definition) is 5. The van der Waals surface area contributed by atoms with Crippen LogP contribution < -0.4 is 10.6 Å². The average Bonchev–Trinajstić information content (AvgIpc) is 3.09. The largest absolute Gasteiger partial charge is 0.326 e. The Bertz CT molecular complexity index is 1040. The zero-order chi connectivity index (χ0) is 19.0. The predicted molar refractivity (Wildman–Crippen MR) is 98.5 cm³/mol. The fourth-order valence-corrected chi connectivity index (χ4v) is 3.18. The van der Waals surface area contributed by atoms with Gasteiger partial charge in [0.2, 0.25) is 5.95 Å². The van der Waals surface area contributed by atoms with Crippen LogP contribution in [0.1, 0.15) is 24.1 Å². The smallest absolute Gasteiger partial charge is 0.255 e. The van der Waals surface area contributed by atoms with Crippen molar-refractivity contribution in [2.24, 2.45) is 0 Å². The zero-order valence-electron chi connectivity index (χ0n) is 14.8. The lowest BCUT2D eigenvalue weighted by Crippen LogP contribution is -2.31. The number of nitrogens with zero attached hydrogens (tertiary/aromatic N) is 4. The molecule has 0 radical (unpaired) electrons. The predicted octanol–water partition coefficient (Wildman–Crippen LogP) is 3.05. The third kappa shape index (κ3) is 3.17. The molecule has 136 valence electrons. The van der Waals surface area contributed by atoms with Crippen molar-refractivity contribution in [3.05, 3.63) is 76.7 Å². The molecule has 0 spiro atoms. The normalized spacial score (nSPS) is 15.9. The molecule has 2 heterocycles. The molecular weight excluding hydrogens is 347 g/mol. The molecule has 8 heteroatoms. The highest BCUT2D eigenvalue weighted by Crippen LogP contribution is 2.34. The van der Waals surface area contributed by atoms with Crippen molar-refractivity contribution in [1.29, 1.82) is 0 Å². The van der Waals surface area contributed by atoms with Crippen LogP contribution in [0.2, 0.25) is 0 Å². The van der Waals surface area contributed by atoms with Crippen LogP contribution in [0.4, 0.5) is 16.0 Å². The Morgan fingerprint density at radius 2 is 1.96 bits per heavy atom. The van der Waals surface area contributed by atoms with Gasteiger partial charge >= 0.3 is 0 Å². The molecule has 1 aromatic heterocycles. The summed E-state index contributed by atoms with van der Waals surface area (Å²) >= 11 is 0. The summed E-state index contributed by atoms with van der Waals surface area (Å²) in [5, 5.41) is 17.6. The molecule has 2 aromatic carbocycles. The summed E-state index contributed by atoms with van der Waals surface area (Å²) < 4.78 is 14.9. The lowest BCUT2D eigenvalue weighted by atomic mass is 9.95. The van der Waals surface area contributed by atoms with Crippen molar-refractivity contribution in [1.82, 2.24) is 20.2 Å². The second kappa shape index (κ2) is 6.64. The molecule has 1 unspecified atom stereocenters. The van der Waals surface area contributed by atoms with Crippen molar-refractivity contribution in [2.75, 3.05) is 10.6 Å². The summed E-state index contributed by atoms with van der Waals surface area (Å²) in [6, 6.07) is 12.9. The van der Waals surface area contributed by atoms with Gasteiger partial charge in [-0.25, -0.2) is 4.39 Å². The molecule has 0 saturated carbocycles. The quantitative estimate of drug-likeness (QED) is 0.746. The Labute approximate surface area is 154 Å². The number of benzene rings is 2. The molecule has 1 atom stereocenters. The van der Waals surface area contributed by atoms with Gasteiger partial charge in [0, 0.05) is 11.4 Å². The first kappa shape index (κ1) is 16.9. The SMILES string of the molecule is CC1=C(C(=O)Nc2cccc(C)c2)C(c2ccc(F)cc2)n2nnnc2N1. The van der Waals surface area contributed by atoms with E-state index in [1.54, 1.807) is 19.1 Å². The van der Waals surface area contributed by atoms with Gasteiger partial charge in [-0.2, -0.15) is 4.68 Å². The summed E-state index contributed by atoms with van der Waals surface area (Å²) in [5.74, 6) is -0.203. The number of fused-ring (bicyclic) bond motifs is 1. The Kier molecular flexibility index (Phi) is 4.15. The fourth-order valence-electron chi connectivity index (χ4n) is 3.18. The van der Waals surface area contributed by atoms with E-state index in [0.717, 1.165) is 5.56 Å². The molecule has 0 fully saturated rings. The van der Waals surface area contributed by atoms with Crippen LogP contribution in [0.3, 0.4) is 0 Å². The van der Waals surface area contributed by atoms with Crippen LogP contribution in [0, 0.1) is 12.7 Å². The van der Waals surface area contributed by atoms with Gasteiger partial charge in [0.25, 0.3) is 5.91 Å². The summed E-state index contributed by atoms with van der Waals surface area (Å²) in [6.45, 7) is 3.75. The minimum atomic E-state index is -0.568. The molecule has 0 bridgehead atoms. The number of hydrogen-bond donors (Lipinski definition) is 2. The van der Waals surface area contributed by atoms with Gasteiger partial charge in [0.1, 0.15) is 11.9 Å². The molecule has 0 aliphatic carbocycles. The Morgan fingerprint density at radius 1 is 1.19 bits per heavy atom. The number of aromatic nitrogens is 4. The van der Waals surface area contributed by atoms with Crippen molar-refractivity contribution in [3.63, 3.8) is 0 Å². The number of anilines is 2. The molecule has 1 aliphatic heterocycles. The average molecular weight is 364 g/mol. The second-order valence-electron chi connectivity index (χ2n) is 6.39. The van der Waals surface area contributed by atoms with E-state index in [2.05, 4.69) is 26.2 Å². The Morgan fingerprint density at radius 3 is 2.70 bits per heavy atom. The van der Waals surface area contributed by atoms with E-state index in [-0.39, 0.29) is 11.7 Å². The zero-order valence-corrected chi connectivity index (χ0v) is 14.8. The summed E-state index contributed by atoms with van der Waals surface area (Å²) in [7, 11) is 0. The van der Waals surface area contributed by atoms with Crippen molar-refractivity contribution in [3.8, 4) is 0 Å². The third-order valence-corrected chi connectivity index (χ3v) is 4.42. The molecule has 0 saturated heterocycles. The van der Waals surface area contributed by atoms with Crippen LogP contribution in [-0.2, 0) is 4.79 Å². The van der Waals surface area contributed by atoms with E-state index in [1.807, 2.05) is 31.2 Å². The molecule has 7 nitrogen and oxygen atoms in total. The molecule has 2 N–H and O–H groups in total. The standard InChI is InChI=1S/C19H17FN6O/c1-11-4-3-5-15(10-11)22-18(27)16-12(2)21-19-23-24-25-26(19)17(16)13-6-8-14(20)9-7-13/h3-10,17H,1-2H3,(H,22,27)(H,21,23,25). The maximum atomic E-state index is 13.4. The highest BCUT2D eigenvalue weighted by molar-refractivity contribution is 6.06. The van der Waals surface area contributed by atoms with Gasteiger partial charge in [-0.15, -0.1) is 0 Å². The van der Waals surface area contributed by atoms with Crippen molar-refractivity contribution >= 4 is 17.5 Å². The summed E-state index contributed by atoms with van der Waals surface area (Å²) in [5.41, 5.74) is 3.54. The topological polar surface area (TPSA) is 84.7 Å². The van der Waals surface area contributed by atoms with Crippen LogP contribution in [-0.4, -0.2) is 26.1 Å². The third-order valence-electron chi connectivity index (χ3n) is 4.42. The monoisotopic (exact) mass is 364 g/mol. The molecular formula is C19H17FN6O. The lowest BCUT2D eigenvalue weighted by Gasteiger charge is -2.28. The minimum absolute atomic E-state index is 0.277. The number of allylic oxidation sites excluding steroid dienone is 1. The van der Waals surface area contributed by atoms with E-state index in [9.17, 15) is 9.18 Å². The highest BCUT2D eigenvalue weighted by Gasteiger charge is 2.34. The second-order valence-corrected chi connectivity index (χ2v) is 6.39. The number of nitrogens with one attached hydrogen (secondary N) is 2. The fraction of sp³-hybridized carbons (Fsp3) is 0.158. The molecule has 27 heavy (non-hydrogen) atoms. The lowest BCUT2D eigenvalue weighted by molar-refractivity contribution is -0.113. The number of tetrazole rings is 1. The first-order valence-electron chi connectivity index (χ1n) is 8.42. The first-order chi connectivity index (χ1) is 13.0. The van der Waals surface area contributed by atoms with Gasteiger partial charge in [-0.1, -0.05) is 29.4 Å². The number of carbonyl (C=O) groups excluding carboxylic acids is 1. The molecule has 1 aliphatic rings. The van der Waals surface area contributed by atoms with E-state index in [4.69, 9.17) is 0 Å². The minimum Gasteiger partial charge on any atom is -0.326 e. The Hall–Kier alpha value is -3.55. The van der Waals surface area contributed by atoms with Gasteiger partial charge in [0.05, 0.1) is 5.57 Å². The van der Waals surface area contributed by atoms with Crippen molar-refractivity contribution in [2.45, 2.75) is 19.9 Å². The first-order valence-corrected chi connectivity index (χ1v) is 8.42. The molecule has 1 amide bonds. The number of aryl methyl sites for hydroxylation is 1. The van der Waals surface area contributed by atoms with Crippen LogP contribution in [0.25, 0.3) is 0 Å². The van der Waals surface area contributed by atoms with E-state index >= 15 is 0 Å². The maximum Gasteiger partial charge on any atom is 0.255 e. The summed E-state index contributed by atoms with van der Waals surface area (Å²) in [6.07, 6.45) is 0. The molecule has 3 aromatic rings. The number of rotatable bonds is 3. The summed E-state index contributed by atoms with van der Waals surface area (Å²) in [4.78, 5) is 13.1. The van der Waals surface area contributed by atoms with Gasteiger partial charge in [-0.05, 0) is 59.7 Å². The number of halogens is 1. The van der Waals surface area contributed by atoms with Gasteiger partial charge in [-0.3, -0.25) is 4.79 Å². The van der Waals surface area contributed by atoms with Crippen LogP contribution in [0.15, 0.2) is 59.8 Å². The highest BCUT2D eigenvalue weighted by atomic mass is 19.1. The van der Waals surface area contributed by atoms with Gasteiger partial charge < -0.3 is 10.6 Å². The van der Waals surface area contributed by atoms with Crippen molar-refractivity contribution < 1.29 is 9.18 Å². The van der Waals surface area contributed by atoms with E-state index in [0.29, 0.717) is 28.5 Å². The maximum absolute atomic E-state index is 13.4. The van der Waals surface area contributed by atoms with Gasteiger partial charge in [0.15, 0.2) is 0 Å². The molecule has 4 rings (SSSR count). The van der Waals surface area contributed by atoms with Crippen LogP contribution >= 0.6 is 0 Å². The number of amides is 1. The Balaban J connectivity index is 1.76. The van der Waals surface area contributed by atoms with E-state index < -0.39 is 6.04 Å². The van der Waals surface area contributed by atoms with E-state index in [1.165, 1.54) is 16.8 Å². The number of carbonyl (C=O) groups is 1.